The van der Waals surface area contributed by atoms with Crippen LogP contribution in [0.4, 0.5) is 0 Å². The number of Topliss-reactive ketones (excluding diaryl/α,β-unsaturated/α-hetero) is 1. The number of aryl methyl sites for hydroxylation is 1. The van der Waals surface area contributed by atoms with E-state index in [1.165, 1.54) is 12.5 Å². The van der Waals surface area contributed by atoms with Gasteiger partial charge in [-0.15, -0.1) is 0 Å². The number of carbonyl (C=O) groups excluding carboxylic acids is 1. The Bertz CT molecular complexity index is 287. The Balaban J connectivity index is 2.64. The van der Waals surface area contributed by atoms with E-state index < -0.39 is 0 Å². The Morgan fingerprint density at radius 1 is 1.31 bits per heavy atom. The molecule has 0 amide bonds. The van der Waals surface area contributed by atoms with Crippen LogP contribution in [0.25, 0.3) is 0 Å². The molecule has 0 bridgehead atoms. The fraction of sp³-hybridized carbons (Fsp3) is 0.364. The number of hydrogen-bond donors (Lipinski definition) is 0. The molecule has 0 fully saturated rings. The van der Waals surface area contributed by atoms with Crippen LogP contribution < -0.4 is 4.74 Å². The van der Waals surface area contributed by atoms with Gasteiger partial charge in [0, 0.05) is 0 Å². The zero-order valence-corrected chi connectivity index (χ0v) is 8.20. The summed E-state index contributed by atoms with van der Waals surface area (Å²) in [6.45, 7) is 5.29. The lowest BCUT2D eigenvalue weighted by atomic mass is 10.2. The van der Waals surface area contributed by atoms with Gasteiger partial charge in [-0.25, -0.2) is 0 Å². The van der Waals surface area contributed by atoms with Gasteiger partial charge in [-0.2, -0.15) is 0 Å². The van der Waals surface area contributed by atoms with Gasteiger partial charge >= 0.3 is 0 Å². The average Bonchev–Trinajstić information content (AvgIpc) is 2.08. The summed E-state index contributed by atoms with van der Waals surface area (Å²) in [6.07, 6.45) is -0.359. The summed E-state index contributed by atoms with van der Waals surface area (Å²) in [6, 6.07) is 7.66. The molecule has 0 aliphatic heterocycles. The lowest BCUT2D eigenvalue weighted by molar-refractivity contribution is -0.122. The van der Waals surface area contributed by atoms with E-state index in [-0.39, 0.29) is 11.9 Å². The van der Waals surface area contributed by atoms with Gasteiger partial charge in [0.1, 0.15) is 5.75 Å². The highest BCUT2D eigenvalue weighted by Crippen LogP contribution is 2.13. The van der Waals surface area contributed by atoms with Gasteiger partial charge in [0.2, 0.25) is 0 Å². The first-order chi connectivity index (χ1) is 6.09. The first kappa shape index (κ1) is 9.78. The van der Waals surface area contributed by atoms with Crippen LogP contribution in [0.15, 0.2) is 24.3 Å². The molecule has 1 aromatic carbocycles. The number of ether oxygens (including phenoxy) is 1. The summed E-state index contributed by atoms with van der Waals surface area (Å²) in [5.41, 5.74) is 1.18. The highest BCUT2D eigenvalue weighted by Gasteiger charge is 2.07. The molecular weight excluding hydrogens is 164 g/mol. The quantitative estimate of drug-likeness (QED) is 0.710. The van der Waals surface area contributed by atoms with Gasteiger partial charge in [0.05, 0.1) is 0 Å². The molecule has 0 aliphatic carbocycles. The van der Waals surface area contributed by atoms with Crippen LogP contribution in [0.5, 0.6) is 5.75 Å². The third-order valence-electron chi connectivity index (χ3n) is 1.91. The van der Waals surface area contributed by atoms with Crippen LogP contribution in [0.1, 0.15) is 19.4 Å². The molecule has 0 saturated carbocycles. The third-order valence-corrected chi connectivity index (χ3v) is 1.91. The molecular formula is C11H14O2. The molecule has 13 heavy (non-hydrogen) atoms. The Labute approximate surface area is 78.5 Å². The van der Waals surface area contributed by atoms with Crippen molar-refractivity contribution >= 4 is 5.78 Å². The summed E-state index contributed by atoms with van der Waals surface area (Å²) in [5, 5.41) is 0. The van der Waals surface area contributed by atoms with E-state index >= 15 is 0 Å². The predicted molar refractivity (Wildman–Crippen MR) is 52.0 cm³/mol. The standard InChI is InChI=1S/C11H14O2/c1-8-4-6-11(7-5-8)13-10(3)9(2)12/h4-7,10H,1-3H3/t10-/m0/s1. The van der Waals surface area contributed by atoms with Crippen molar-refractivity contribution in [1.29, 1.82) is 0 Å². The van der Waals surface area contributed by atoms with E-state index in [2.05, 4.69) is 0 Å². The second kappa shape index (κ2) is 4.08. The largest absolute Gasteiger partial charge is 0.483 e. The first-order valence-corrected chi connectivity index (χ1v) is 4.33. The van der Waals surface area contributed by atoms with Crippen LogP contribution >= 0.6 is 0 Å². The molecule has 0 heterocycles. The van der Waals surface area contributed by atoms with Crippen LogP contribution in [-0.4, -0.2) is 11.9 Å². The predicted octanol–water partition coefficient (Wildman–Crippen LogP) is 2.35. The molecule has 0 N–H and O–H groups in total. The summed E-state index contributed by atoms with van der Waals surface area (Å²) in [4.78, 5) is 10.9. The number of carbonyl (C=O) groups is 1. The van der Waals surface area contributed by atoms with Crippen molar-refractivity contribution in [2.24, 2.45) is 0 Å². The second-order valence-corrected chi connectivity index (χ2v) is 3.18. The topological polar surface area (TPSA) is 26.3 Å². The lowest BCUT2D eigenvalue weighted by Crippen LogP contribution is -2.20. The minimum absolute atomic E-state index is 0.0422. The summed E-state index contributed by atoms with van der Waals surface area (Å²) < 4.78 is 5.38. The Morgan fingerprint density at radius 3 is 2.31 bits per heavy atom. The molecule has 0 spiro atoms. The highest BCUT2D eigenvalue weighted by atomic mass is 16.5. The monoisotopic (exact) mass is 178 g/mol. The maximum atomic E-state index is 10.9. The van der Waals surface area contributed by atoms with Gasteiger partial charge in [0.15, 0.2) is 11.9 Å². The molecule has 0 radical (unpaired) electrons. The van der Waals surface area contributed by atoms with E-state index in [0.29, 0.717) is 0 Å². The molecule has 0 saturated heterocycles. The second-order valence-electron chi connectivity index (χ2n) is 3.18. The number of rotatable bonds is 3. The van der Waals surface area contributed by atoms with Crippen molar-refractivity contribution in [3.63, 3.8) is 0 Å². The van der Waals surface area contributed by atoms with Crippen molar-refractivity contribution in [3.05, 3.63) is 29.8 Å². The minimum atomic E-state index is -0.359. The summed E-state index contributed by atoms with van der Waals surface area (Å²) in [5.74, 6) is 0.786. The molecule has 0 unspecified atom stereocenters. The normalized spacial score (nSPS) is 12.2. The molecule has 2 nitrogen and oxygen atoms in total. The Hall–Kier alpha value is -1.31. The molecule has 0 aliphatic rings. The highest BCUT2D eigenvalue weighted by molar-refractivity contribution is 5.80. The van der Waals surface area contributed by atoms with Gasteiger partial charge in [-0.3, -0.25) is 4.79 Å². The van der Waals surface area contributed by atoms with Crippen molar-refractivity contribution in [1.82, 2.24) is 0 Å². The average molecular weight is 178 g/mol. The van der Waals surface area contributed by atoms with Gasteiger partial charge in [0.25, 0.3) is 0 Å². The van der Waals surface area contributed by atoms with E-state index in [4.69, 9.17) is 4.74 Å². The van der Waals surface area contributed by atoms with Gasteiger partial charge < -0.3 is 4.74 Å². The van der Waals surface area contributed by atoms with Crippen LogP contribution in [0.3, 0.4) is 0 Å². The fourth-order valence-electron chi connectivity index (χ4n) is 0.904. The van der Waals surface area contributed by atoms with Gasteiger partial charge in [-0.05, 0) is 32.9 Å². The zero-order chi connectivity index (χ0) is 9.84. The van der Waals surface area contributed by atoms with E-state index in [1.54, 1.807) is 6.92 Å². The number of benzene rings is 1. The third kappa shape index (κ3) is 2.90. The van der Waals surface area contributed by atoms with E-state index in [0.717, 1.165) is 5.75 Å². The molecule has 70 valence electrons. The maximum Gasteiger partial charge on any atom is 0.169 e. The van der Waals surface area contributed by atoms with E-state index in [9.17, 15) is 4.79 Å². The summed E-state index contributed by atoms with van der Waals surface area (Å²) in [7, 11) is 0. The van der Waals surface area contributed by atoms with Crippen molar-refractivity contribution in [3.8, 4) is 5.75 Å². The molecule has 1 aromatic rings. The Morgan fingerprint density at radius 2 is 1.85 bits per heavy atom. The molecule has 1 atom stereocenters. The SMILES string of the molecule is CC(=O)[C@H](C)Oc1ccc(C)cc1. The van der Waals surface area contributed by atoms with Crippen molar-refractivity contribution in [2.75, 3.05) is 0 Å². The van der Waals surface area contributed by atoms with Crippen molar-refractivity contribution < 1.29 is 9.53 Å². The summed E-state index contributed by atoms with van der Waals surface area (Å²) >= 11 is 0. The first-order valence-electron chi connectivity index (χ1n) is 4.33. The number of hydrogen-bond acceptors (Lipinski definition) is 2. The fourth-order valence-corrected chi connectivity index (χ4v) is 0.904. The van der Waals surface area contributed by atoms with Crippen LogP contribution in [0, 0.1) is 6.92 Å². The molecule has 2 heteroatoms. The smallest absolute Gasteiger partial charge is 0.169 e. The molecule has 1 rings (SSSR count). The number of ketones is 1. The molecule has 0 aromatic heterocycles. The van der Waals surface area contributed by atoms with Gasteiger partial charge in [-0.1, -0.05) is 17.7 Å². The lowest BCUT2D eigenvalue weighted by Gasteiger charge is -2.11. The Kier molecular flexibility index (Phi) is 3.07. The van der Waals surface area contributed by atoms with E-state index in [1.807, 2.05) is 31.2 Å². The van der Waals surface area contributed by atoms with Crippen molar-refractivity contribution in [2.45, 2.75) is 26.9 Å². The minimum Gasteiger partial charge on any atom is -0.483 e. The van der Waals surface area contributed by atoms with Crippen LogP contribution in [-0.2, 0) is 4.79 Å². The maximum absolute atomic E-state index is 10.9. The zero-order valence-electron chi connectivity index (χ0n) is 8.20. The van der Waals surface area contributed by atoms with Crippen LogP contribution in [0.2, 0.25) is 0 Å².